The Labute approximate surface area is 101 Å². The fraction of sp³-hybridized carbons (Fsp3) is 0.429. The summed E-state index contributed by atoms with van der Waals surface area (Å²) in [6.45, 7) is 4.28. The number of hydrogen-bond donors (Lipinski definition) is 1. The molecule has 0 unspecified atom stereocenters. The SMILES string of the molecule is CCC1(CC)C=C(CC(=O)O)c2ncccc21. The maximum absolute atomic E-state index is 10.9. The molecule has 3 nitrogen and oxygen atoms in total. The number of carboxylic acid groups (broad SMARTS) is 1. The third-order valence-electron chi connectivity index (χ3n) is 3.70. The van der Waals surface area contributed by atoms with Crippen molar-refractivity contribution in [3.05, 3.63) is 35.7 Å². The maximum Gasteiger partial charge on any atom is 0.307 e. The Balaban J connectivity index is 2.52. The van der Waals surface area contributed by atoms with Gasteiger partial charge in [-0.1, -0.05) is 26.0 Å². The second kappa shape index (κ2) is 4.32. The van der Waals surface area contributed by atoms with Crippen LogP contribution < -0.4 is 0 Å². The molecular weight excluding hydrogens is 214 g/mol. The number of hydrogen-bond acceptors (Lipinski definition) is 2. The summed E-state index contributed by atoms with van der Waals surface area (Å²) in [6, 6.07) is 4.00. The van der Waals surface area contributed by atoms with Crippen molar-refractivity contribution in [3.63, 3.8) is 0 Å². The van der Waals surface area contributed by atoms with Crippen molar-refractivity contribution in [2.24, 2.45) is 0 Å². The zero-order chi connectivity index (χ0) is 12.5. The first kappa shape index (κ1) is 11.8. The molecule has 1 aliphatic carbocycles. The summed E-state index contributed by atoms with van der Waals surface area (Å²) < 4.78 is 0. The average Bonchev–Trinajstić information content (AvgIpc) is 2.64. The topological polar surface area (TPSA) is 50.2 Å². The van der Waals surface area contributed by atoms with Gasteiger partial charge in [0.15, 0.2) is 0 Å². The van der Waals surface area contributed by atoms with E-state index >= 15 is 0 Å². The standard InChI is InChI=1S/C14H17NO2/c1-3-14(4-2)9-10(8-12(16)17)13-11(14)6-5-7-15-13/h5-7,9H,3-4,8H2,1-2H3,(H,16,17). The van der Waals surface area contributed by atoms with Gasteiger partial charge in [-0.2, -0.15) is 0 Å². The molecule has 1 heterocycles. The number of fused-ring (bicyclic) bond motifs is 1. The molecule has 0 saturated heterocycles. The van der Waals surface area contributed by atoms with Gasteiger partial charge < -0.3 is 5.11 Å². The van der Waals surface area contributed by atoms with E-state index in [4.69, 9.17) is 5.11 Å². The van der Waals surface area contributed by atoms with Gasteiger partial charge in [0.2, 0.25) is 0 Å². The molecule has 0 aromatic carbocycles. The molecule has 0 atom stereocenters. The number of aliphatic carboxylic acids is 1. The van der Waals surface area contributed by atoms with Crippen molar-refractivity contribution in [2.75, 3.05) is 0 Å². The van der Waals surface area contributed by atoms with Crippen LogP contribution in [0.1, 0.15) is 44.4 Å². The van der Waals surface area contributed by atoms with Crippen molar-refractivity contribution in [1.82, 2.24) is 4.98 Å². The van der Waals surface area contributed by atoms with E-state index in [1.54, 1.807) is 6.20 Å². The van der Waals surface area contributed by atoms with Gasteiger partial charge in [0.25, 0.3) is 0 Å². The van der Waals surface area contributed by atoms with E-state index in [1.807, 2.05) is 6.07 Å². The summed E-state index contributed by atoms with van der Waals surface area (Å²) in [5.74, 6) is -0.796. The van der Waals surface area contributed by atoms with Crippen LogP contribution in [0.2, 0.25) is 0 Å². The first-order valence-corrected chi connectivity index (χ1v) is 6.02. The number of pyridine rings is 1. The molecule has 0 bridgehead atoms. The van der Waals surface area contributed by atoms with E-state index in [1.165, 1.54) is 5.56 Å². The summed E-state index contributed by atoms with van der Waals surface area (Å²) in [4.78, 5) is 15.2. The molecule has 0 spiro atoms. The summed E-state index contributed by atoms with van der Waals surface area (Å²) >= 11 is 0. The zero-order valence-electron chi connectivity index (χ0n) is 10.2. The quantitative estimate of drug-likeness (QED) is 0.866. The molecule has 17 heavy (non-hydrogen) atoms. The Morgan fingerprint density at radius 2 is 2.12 bits per heavy atom. The molecule has 1 aliphatic rings. The number of aromatic nitrogens is 1. The van der Waals surface area contributed by atoms with Crippen molar-refractivity contribution in [3.8, 4) is 0 Å². The van der Waals surface area contributed by atoms with E-state index in [2.05, 4.69) is 31.0 Å². The van der Waals surface area contributed by atoms with E-state index in [9.17, 15) is 4.79 Å². The molecular formula is C14H17NO2. The second-order valence-electron chi connectivity index (χ2n) is 4.50. The lowest BCUT2D eigenvalue weighted by Crippen LogP contribution is -2.19. The zero-order valence-corrected chi connectivity index (χ0v) is 10.2. The molecule has 2 rings (SSSR count). The predicted octanol–water partition coefficient (Wildman–Crippen LogP) is 3.01. The van der Waals surface area contributed by atoms with E-state index in [0.29, 0.717) is 0 Å². The molecule has 90 valence electrons. The molecule has 1 N–H and O–H groups in total. The lowest BCUT2D eigenvalue weighted by atomic mass is 9.79. The largest absolute Gasteiger partial charge is 0.481 e. The van der Waals surface area contributed by atoms with Crippen molar-refractivity contribution in [1.29, 1.82) is 0 Å². The minimum Gasteiger partial charge on any atom is -0.481 e. The third kappa shape index (κ3) is 1.86. The molecule has 1 aromatic heterocycles. The van der Waals surface area contributed by atoms with Gasteiger partial charge in [0.1, 0.15) is 0 Å². The summed E-state index contributed by atoms with van der Waals surface area (Å²) in [5.41, 5.74) is 2.89. The number of carbonyl (C=O) groups is 1. The second-order valence-corrected chi connectivity index (χ2v) is 4.50. The third-order valence-corrected chi connectivity index (χ3v) is 3.70. The van der Waals surface area contributed by atoms with Crippen molar-refractivity contribution < 1.29 is 9.90 Å². The monoisotopic (exact) mass is 231 g/mol. The highest BCUT2D eigenvalue weighted by atomic mass is 16.4. The highest BCUT2D eigenvalue weighted by Crippen LogP contribution is 2.44. The minimum atomic E-state index is -0.796. The Bertz CT molecular complexity index is 473. The van der Waals surface area contributed by atoms with E-state index in [0.717, 1.165) is 24.1 Å². The van der Waals surface area contributed by atoms with Crippen LogP contribution in [0.15, 0.2) is 24.4 Å². The van der Waals surface area contributed by atoms with Gasteiger partial charge in [-0.15, -0.1) is 0 Å². The Morgan fingerprint density at radius 1 is 1.41 bits per heavy atom. The maximum atomic E-state index is 10.9. The normalized spacial score (nSPS) is 16.5. The fourth-order valence-electron chi connectivity index (χ4n) is 2.68. The number of nitrogens with zero attached hydrogens (tertiary/aromatic N) is 1. The van der Waals surface area contributed by atoms with Gasteiger partial charge in [-0.05, 0) is 30.0 Å². The van der Waals surface area contributed by atoms with Gasteiger partial charge >= 0.3 is 5.97 Å². The Morgan fingerprint density at radius 3 is 2.71 bits per heavy atom. The molecule has 0 aliphatic heterocycles. The van der Waals surface area contributed by atoms with Crippen LogP contribution >= 0.6 is 0 Å². The van der Waals surface area contributed by atoms with Gasteiger partial charge in [0.05, 0.1) is 12.1 Å². The van der Waals surface area contributed by atoms with Crippen LogP contribution in [0.3, 0.4) is 0 Å². The minimum absolute atomic E-state index is 0.0195. The van der Waals surface area contributed by atoms with Crippen LogP contribution in [0.5, 0.6) is 0 Å². The van der Waals surface area contributed by atoms with Crippen LogP contribution in [-0.4, -0.2) is 16.1 Å². The number of rotatable bonds is 4. The van der Waals surface area contributed by atoms with Crippen LogP contribution in [0, 0.1) is 0 Å². The lowest BCUT2D eigenvalue weighted by molar-refractivity contribution is -0.135. The van der Waals surface area contributed by atoms with Gasteiger partial charge in [-0.25, -0.2) is 0 Å². The van der Waals surface area contributed by atoms with Crippen LogP contribution in [0.25, 0.3) is 5.57 Å². The van der Waals surface area contributed by atoms with E-state index < -0.39 is 5.97 Å². The lowest BCUT2D eigenvalue weighted by Gasteiger charge is -2.25. The summed E-state index contributed by atoms with van der Waals surface area (Å²) in [6.07, 6.45) is 5.86. The highest BCUT2D eigenvalue weighted by Gasteiger charge is 2.36. The Hall–Kier alpha value is -1.64. The summed E-state index contributed by atoms with van der Waals surface area (Å²) in [5, 5.41) is 8.95. The Kier molecular flexibility index (Phi) is 3.01. The summed E-state index contributed by atoms with van der Waals surface area (Å²) in [7, 11) is 0. The number of allylic oxidation sites excluding steroid dienone is 1. The molecule has 0 amide bonds. The predicted molar refractivity (Wildman–Crippen MR) is 66.7 cm³/mol. The number of carboxylic acids is 1. The molecule has 3 heteroatoms. The molecule has 0 saturated carbocycles. The van der Waals surface area contributed by atoms with Gasteiger partial charge in [-0.3, -0.25) is 9.78 Å². The fourth-order valence-corrected chi connectivity index (χ4v) is 2.68. The van der Waals surface area contributed by atoms with Gasteiger partial charge in [0, 0.05) is 11.6 Å². The highest BCUT2D eigenvalue weighted by molar-refractivity contribution is 5.87. The molecule has 1 aromatic rings. The molecule has 0 radical (unpaired) electrons. The van der Waals surface area contributed by atoms with E-state index in [-0.39, 0.29) is 11.8 Å². The first-order chi connectivity index (χ1) is 8.13. The van der Waals surface area contributed by atoms with Crippen LogP contribution in [0.4, 0.5) is 0 Å². The first-order valence-electron chi connectivity index (χ1n) is 6.02. The average molecular weight is 231 g/mol. The van der Waals surface area contributed by atoms with Crippen LogP contribution in [-0.2, 0) is 10.2 Å². The van der Waals surface area contributed by atoms with Crippen molar-refractivity contribution in [2.45, 2.75) is 38.5 Å². The smallest absolute Gasteiger partial charge is 0.307 e. The van der Waals surface area contributed by atoms with Crippen molar-refractivity contribution >= 4 is 11.5 Å². The molecule has 0 fully saturated rings.